The van der Waals surface area contributed by atoms with Crippen molar-refractivity contribution in [3.05, 3.63) is 66.6 Å². The van der Waals surface area contributed by atoms with Crippen molar-refractivity contribution in [3.63, 3.8) is 0 Å². The second-order valence-electron chi connectivity index (χ2n) is 12.6. The molecular weight excluding hydrogens is 627 g/mol. The Morgan fingerprint density at radius 1 is 1.21 bits per heavy atom. The number of ether oxygens (including phenoxy) is 2. The Morgan fingerprint density at radius 3 is 2.72 bits per heavy atom. The smallest absolute Gasteiger partial charge is 0.459 e. The van der Waals surface area contributed by atoms with Crippen LogP contribution in [-0.4, -0.2) is 67.8 Å². The number of rotatable bonds is 10. The van der Waals surface area contributed by atoms with Crippen LogP contribution in [0.2, 0.25) is 0 Å². The molecule has 2 aromatic carbocycles. The first-order valence-corrected chi connectivity index (χ1v) is 17.0. The van der Waals surface area contributed by atoms with Crippen LogP contribution in [0.3, 0.4) is 0 Å². The standard InChI is InChI=1S/C32H35N6O8P/c1-19(30(41)44-21-14-31(15-21)12-5-13-31)37-47(42,46-24-9-4-7-20-6-2-3-8-22(20)24)43-16-25-27(39)28(40)32(17-33,45-25)26-11-10-23-29(34)35-18-36-38(23)26/h2-4,6-11,18-19,21,25,27-28,39-40H,5,12-16H2,1H3,(H,37,42)(H2,34,35,36)/t19-,25+,27+,28+,32-,47?/m0/s1. The topological polar surface area (TPSA) is 204 Å². The summed E-state index contributed by atoms with van der Waals surface area (Å²) >= 11 is 0. The lowest BCUT2D eigenvalue weighted by atomic mass is 9.55. The highest BCUT2D eigenvalue weighted by atomic mass is 31.2. The molecule has 5 N–H and O–H groups in total. The van der Waals surface area contributed by atoms with Gasteiger partial charge in [0, 0.05) is 5.39 Å². The predicted octanol–water partition coefficient (Wildman–Crippen LogP) is 3.36. The molecule has 1 spiro atoms. The van der Waals surface area contributed by atoms with E-state index in [2.05, 4.69) is 15.2 Å². The number of nitrogens with two attached hydrogens (primary N) is 1. The summed E-state index contributed by atoms with van der Waals surface area (Å²) in [7, 11) is -4.41. The molecule has 246 valence electrons. The molecule has 7 rings (SSSR count). The lowest BCUT2D eigenvalue weighted by molar-refractivity contribution is -0.169. The van der Waals surface area contributed by atoms with E-state index in [9.17, 15) is 24.8 Å². The molecule has 3 fully saturated rings. The van der Waals surface area contributed by atoms with Gasteiger partial charge in [0.15, 0.2) is 5.82 Å². The van der Waals surface area contributed by atoms with E-state index in [0.717, 1.165) is 31.1 Å². The van der Waals surface area contributed by atoms with Crippen molar-refractivity contribution in [1.29, 1.82) is 5.26 Å². The van der Waals surface area contributed by atoms with Crippen LogP contribution in [0.1, 0.15) is 44.7 Å². The summed E-state index contributed by atoms with van der Waals surface area (Å²) in [6.07, 6.45) is 1.38. The molecule has 3 heterocycles. The number of nitrogens with zero attached hydrogens (tertiary/aromatic N) is 4. The van der Waals surface area contributed by atoms with Crippen molar-refractivity contribution < 1.29 is 38.1 Å². The van der Waals surface area contributed by atoms with Crippen molar-refractivity contribution >= 4 is 35.8 Å². The van der Waals surface area contributed by atoms with Gasteiger partial charge in [0.05, 0.1) is 12.3 Å². The number of nitrogen functional groups attached to an aromatic ring is 1. The van der Waals surface area contributed by atoms with E-state index in [1.807, 2.05) is 24.3 Å². The van der Waals surface area contributed by atoms with E-state index in [-0.39, 0.29) is 23.4 Å². The molecule has 47 heavy (non-hydrogen) atoms. The number of hydrogen-bond acceptors (Lipinski definition) is 12. The van der Waals surface area contributed by atoms with Crippen molar-refractivity contribution in [1.82, 2.24) is 19.7 Å². The van der Waals surface area contributed by atoms with E-state index >= 15 is 0 Å². The van der Waals surface area contributed by atoms with E-state index in [1.165, 1.54) is 30.3 Å². The summed E-state index contributed by atoms with van der Waals surface area (Å²) in [4.78, 5) is 17.0. The van der Waals surface area contributed by atoms with Crippen LogP contribution >= 0.6 is 7.75 Å². The van der Waals surface area contributed by atoms with Crippen LogP contribution in [0.25, 0.3) is 16.3 Å². The largest absolute Gasteiger partial charge is 0.461 e. The van der Waals surface area contributed by atoms with Crippen molar-refractivity contribution in [3.8, 4) is 11.8 Å². The lowest BCUT2D eigenvalue weighted by Crippen LogP contribution is -2.49. The maximum absolute atomic E-state index is 14.4. The molecule has 3 aliphatic rings. The summed E-state index contributed by atoms with van der Waals surface area (Å²) in [5.74, 6) is -0.244. The van der Waals surface area contributed by atoms with Gasteiger partial charge in [-0.05, 0) is 61.6 Å². The number of fused-ring (bicyclic) bond motifs is 2. The van der Waals surface area contributed by atoms with Gasteiger partial charge in [-0.2, -0.15) is 15.4 Å². The van der Waals surface area contributed by atoms with Gasteiger partial charge in [-0.15, -0.1) is 0 Å². The van der Waals surface area contributed by atoms with Gasteiger partial charge in [-0.25, -0.2) is 14.1 Å². The number of carbonyl (C=O) groups excluding carboxylic acids is 1. The minimum atomic E-state index is -4.41. The molecule has 2 aromatic heterocycles. The van der Waals surface area contributed by atoms with Gasteiger partial charge in [0.2, 0.25) is 5.60 Å². The van der Waals surface area contributed by atoms with E-state index < -0.39 is 50.3 Å². The number of esters is 1. The molecule has 2 saturated carbocycles. The van der Waals surface area contributed by atoms with Crippen molar-refractivity contribution in [2.75, 3.05) is 12.3 Å². The maximum Gasteiger partial charge on any atom is 0.459 e. The zero-order chi connectivity index (χ0) is 33.0. The first-order chi connectivity index (χ1) is 22.6. The number of aromatic nitrogens is 3. The first-order valence-electron chi connectivity index (χ1n) is 15.5. The summed E-state index contributed by atoms with van der Waals surface area (Å²) in [6.45, 7) is 0.906. The second kappa shape index (κ2) is 11.9. The van der Waals surface area contributed by atoms with Gasteiger partial charge in [-0.1, -0.05) is 42.8 Å². The Bertz CT molecular complexity index is 1910. The first kappa shape index (κ1) is 31.5. The number of benzene rings is 2. The number of nitrogens with one attached hydrogen (secondary N) is 1. The summed E-state index contributed by atoms with van der Waals surface area (Å²) < 4.78 is 39.2. The number of aliphatic hydroxyl groups is 2. The molecule has 6 atom stereocenters. The third-order valence-electron chi connectivity index (χ3n) is 9.59. The van der Waals surface area contributed by atoms with Crippen LogP contribution in [0, 0.1) is 16.7 Å². The number of anilines is 1. The zero-order valence-corrected chi connectivity index (χ0v) is 26.5. The fourth-order valence-corrected chi connectivity index (χ4v) is 8.37. The van der Waals surface area contributed by atoms with Gasteiger partial charge >= 0.3 is 13.7 Å². The van der Waals surface area contributed by atoms with Crippen LogP contribution < -0.4 is 15.3 Å². The van der Waals surface area contributed by atoms with Crippen LogP contribution in [0.5, 0.6) is 5.75 Å². The van der Waals surface area contributed by atoms with Crippen molar-refractivity contribution in [2.45, 2.75) is 75.1 Å². The Hall–Kier alpha value is -4.09. The van der Waals surface area contributed by atoms with Gasteiger partial charge in [0.1, 0.15) is 54.1 Å². The third kappa shape index (κ3) is 5.53. The highest BCUT2D eigenvalue weighted by Gasteiger charge is 2.58. The molecule has 1 unspecified atom stereocenters. The SMILES string of the molecule is C[C@H](NP(=O)(OC[C@H]1O[C@@](C#N)(c2ccc3c(N)ncnn23)[C@H](O)[C@@H]1O)Oc1cccc2ccccc12)C(=O)OC1CC2(CCC2)C1. The highest BCUT2D eigenvalue weighted by Crippen LogP contribution is 2.57. The summed E-state index contributed by atoms with van der Waals surface area (Å²) in [5.41, 5.74) is 4.62. The lowest BCUT2D eigenvalue weighted by Gasteiger charge is -2.53. The molecule has 1 aliphatic heterocycles. The average Bonchev–Trinajstić information content (AvgIpc) is 3.57. The minimum Gasteiger partial charge on any atom is -0.461 e. The minimum absolute atomic E-state index is 0.0995. The second-order valence-corrected chi connectivity index (χ2v) is 14.3. The Morgan fingerprint density at radius 2 is 1.98 bits per heavy atom. The van der Waals surface area contributed by atoms with Gasteiger partial charge < -0.3 is 29.9 Å². The molecule has 0 amide bonds. The Balaban J connectivity index is 1.12. The number of hydrogen-bond donors (Lipinski definition) is 4. The number of aliphatic hydroxyl groups excluding tert-OH is 2. The molecule has 1 saturated heterocycles. The maximum atomic E-state index is 14.4. The molecule has 15 heteroatoms. The fourth-order valence-electron chi connectivity index (χ4n) is 6.85. The quantitative estimate of drug-likeness (QED) is 0.142. The molecule has 0 bridgehead atoms. The molecule has 2 aliphatic carbocycles. The van der Waals surface area contributed by atoms with Gasteiger partial charge in [0.25, 0.3) is 0 Å². The summed E-state index contributed by atoms with van der Waals surface area (Å²) in [5, 5.41) is 40.7. The summed E-state index contributed by atoms with van der Waals surface area (Å²) in [6, 6.07) is 16.4. The van der Waals surface area contributed by atoms with Crippen LogP contribution in [0.15, 0.2) is 60.9 Å². The van der Waals surface area contributed by atoms with Gasteiger partial charge in [-0.3, -0.25) is 9.32 Å². The number of nitriles is 1. The Kier molecular flexibility index (Phi) is 7.95. The molecule has 4 aromatic rings. The van der Waals surface area contributed by atoms with Crippen molar-refractivity contribution in [2.24, 2.45) is 5.41 Å². The highest BCUT2D eigenvalue weighted by molar-refractivity contribution is 7.52. The zero-order valence-electron chi connectivity index (χ0n) is 25.6. The average molecular weight is 663 g/mol. The van der Waals surface area contributed by atoms with E-state index in [1.54, 1.807) is 30.3 Å². The van der Waals surface area contributed by atoms with E-state index in [0.29, 0.717) is 16.3 Å². The molecular formula is C32H35N6O8P. The fraction of sp³-hybridized carbons (Fsp3) is 0.438. The Labute approximate surface area is 270 Å². The van der Waals surface area contributed by atoms with E-state index in [4.69, 9.17) is 24.3 Å². The monoisotopic (exact) mass is 662 g/mol. The normalized spacial score (nSPS) is 27.1. The van der Waals surface area contributed by atoms with Crippen LogP contribution in [0.4, 0.5) is 5.82 Å². The number of carbonyl (C=O) groups is 1. The predicted molar refractivity (Wildman–Crippen MR) is 168 cm³/mol. The molecule has 14 nitrogen and oxygen atoms in total. The third-order valence-corrected chi connectivity index (χ3v) is 11.2. The van der Waals surface area contributed by atoms with Crippen LogP contribution in [-0.2, 0) is 29.0 Å². The molecule has 0 radical (unpaired) electrons.